The molecular formula is C16H26N2O2. The van der Waals surface area contributed by atoms with Gasteiger partial charge in [0.25, 0.3) is 0 Å². The van der Waals surface area contributed by atoms with Crippen LogP contribution >= 0.6 is 0 Å². The average Bonchev–Trinajstić information content (AvgIpc) is 2.82. The lowest BCUT2D eigenvalue weighted by Gasteiger charge is -2.19. The standard InChI is InChI=1S/C16H26N2O2/c1-3-8-19-15-10-13(17)11-16(12-15)20-9-6-14-5-4-7-18(14)2/h10-12,14H,3-9,17H2,1-2H3. The summed E-state index contributed by atoms with van der Waals surface area (Å²) >= 11 is 0. The van der Waals surface area contributed by atoms with Crippen molar-refractivity contribution in [3.8, 4) is 11.5 Å². The minimum absolute atomic E-state index is 0.659. The second kappa shape index (κ2) is 7.39. The number of rotatable bonds is 7. The molecule has 2 rings (SSSR count). The lowest BCUT2D eigenvalue weighted by atomic mass is 10.1. The number of nitrogens with zero attached hydrogens (tertiary/aromatic N) is 1. The van der Waals surface area contributed by atoms with Crippen LogP contribution in [0.25, 0.3) is 0 Å². The molecule has 1 aliphatic rings. The zero-order chi connectivity index (χ0) is 14.4. The van der Waals surface area contributed by atoms with E-state index < -0.39 is 0 Å². The molecule has 0 amide bonds. The first-order valence-corrected chi connectivity index (χ1v) is 7.55. The van der Waals surface area contributed by atoms with Gasteiger partial charge in [-0.1, -0.05) is 6.92 Å². The van der Waals surface area contributed by atoms with Crippen LogP contribution in [0.3, 0.4) is 0 Å². The number of likely N-dealkylation sites (tertiary alicyclic amines) is 1. The first-order chi connectivity index (χ1) is 9.69. The molecule has 0 radical (unpaired) electrons. The first kappa shape index (κ1) is 15.0. The molecule has 4 nitrogen and oxygen atoms in total. The van der Waals surface area contributed by atoms with Gasteiger partial charge in [-0.3, -0.25) is 0 Å². The maximum Gasteiger partial charge on any atom is 0.125 e. The van der Waals surface area contributed by atoms with Gasteiger partial charge in [0.1, 0.15) is 11.5 Å². The molecule has 0 aliphatic carbocycles. The Morgan fingerprint density at radius 3 is 2.50 bits per heavy atom. The lowest BCUT2D eigenvalue weighted by Crippen LogP contribution is -2.26. The zero-order valence-corrected chi connectivity index (χ0v) is 12.6. The van der Waals surface area contributed by atoms with Crippen LogP contribution in [0.2, 0.25) is 0 Å². The number of ether oxygens (including phenoxy) is 2. The highest BCUT2D eigenvalue weighted by molar-refractivity contribution is 5.50. The van der Waals surface area contributed by atoms with Gasteiger partial charge in [-0.15, -0.1) is 0 Å². The van der Waals surface area contributed by atoms with Gasteiger partial charge in [-0.25, -0.2) is 0 Å². The predicted molar refractivity (Wildman–Crippen MR) is 82.4 cm³/mol. The van der Waals surface area contributed by atoms with Crippen molar-refractivity contribution < 1.29 is 9.47 Å². The summed E-state index contributed by atoms with van der Waals surface area (Å²) in [7, 11) is 2.19. The maximum absolute atomic E-state index is 5.88. The summed E-state index contributed by atoms with van der Waals surface area (Å²) in [5.74, 6) is 1.59. The summed E-state index contributed by atoms with van der Waals surface area (Å²) in [5, 5.41) is 0. The minimum Gasteiger partial charge on any atom is -0.493 e. The number of nitrogen functional groups attached to an aromatic ring is 1. The van der Waals surface area contributed by atoms with Crippen LogP contribution in [0.1, 0.15) is 32.6 Å². The normalized spacial score (nSPS) is 19.2. The van der Waals surface area contributed by atoms with Crippen LogP contribution in [-0.2, 0) is 0 Å². The molecule has 1 unspecified atom stereocenters. The van der Waals surface area contributed by atoms with E-state index in [4.69, 9.17) is 15.2 Å². The molecular weight excluding hydrogens is 252 g/mol. The molecule has 1 atom stereocenters. The molecule has 2 N–H and O–H groups in total. The summed E-state index contributed by atoms with van der Waals surface area (Å²) in [5.41, 5.74) is 6.57. The van der Waals surface area contributed by atoms with Crippen LogP contribution in [0.4, 0.5) is 5.69 Å². The van der Waals surface area contributed by atoms with E-state index in [0.717, 1.165) is 30.9 Å². The Bertz CT molecular complexity index is 423. The van der Waals surface area contributed by atoms with Crippen molar-refractivity contribution in [2.75, 3.05) is 32.5 Å². The Labute approximate surface area is 121 Å². The van der Waals surface area contributed by atoms with E-state index in [-0.39, 0.29) is 0 Å². The molecule has 1 heterocycles. The van der Waals surface area contributed by atoms with Gasteiger partial charge in [0.05, 0.1) is 13.2 Å². The molecule has 1 fully saturated rings. The Kier molecular flexibility index (Phi) is 5.53. The topological polar surface area (TPSA) is 47.7 Å². The molecule has 0 bridgehead atoms. The third-order valence-corrected chi connectivity index (χ3v) is 3.77. The Morgan fingerprint density at radius 2 is 1.90 bits per heavy atom. The highest BCUT2D eigenvalue weighted by atomic mass is 16.5. The molecule has 112 valence electrons. The van der Waals surface area contributed by atoms with Crippen molar-refractivity contribution in [2.24, 2.45) is 0 Å². The zero-order valence-electron chi connectivity index (χ0n) is 12.6. The second-order valence-corrected chi connectivity index (χ2v) is 5.50. The van der Waals surface area contributed by atoms with Crippen molar-refractivity contribution in [3.05, 3.63) is 18.2 Å². The van der Waals surface area contributed by atoms with Crippen LogP contribution in [0.5, 0.6) is 11.5 Å². The van der Waals surface area contributed by atoms with Gasteiger partial charge in [-0.2, -0.15) is 0 Å². The molecule has 1 saturated heterocycles. The van der Waals surface area contributed by atoms with Gasteiger partial charge in [0, 0.05) is 29.9 Å². The summed E-state index contributed by atoms with van der Waals surface area (Å²) in [6.07, 6.45) is 4.63. The number of hydrogen-bond donors (Lipinski definition) is 1. The molecule has 0 aromatic heterocycles. The van der Waals surface area contributed by atoms with Crippen molar-refractivity contribution >= 4 is 5.69 Å². The van der Waals surface area contributed by atoms with E-state index in [9.17, 15) is 0 Å². The Balaban J connectivity index is 1.83. The Morgan fingerprint density at radius 1 is 1.20 bits per heavy atom. The van der Waals surface area contributed by atoms with Gasteiger partial charge in [-0.05, 0) is 39.3 Å². The van der Waals surface area contributed by atoms with Gasteiger partial charge in [0.15, 0.2) is 0 Å². The Hall–Kier alpha value is -1.42. The van der Waals surface area contributed by atoms with Crippen molar-refractivity contribution in [3.63, 3.8) is 0 Å². The SMILES string of the molecule is CCCOc1cc(N)cc(OCCC2CCCN2C)c1. The van der Waals surface area contributed by atoms with E-state index in [1.807, 2.05) is 18.2 Å². The molecule has 1 aromatic carbocycles. The van der Waals surface area contributed by atoms with E-state index in [0.29, 0.717) is 18.3 Å². The minimum atomic E-state index is 0.659. The summed E-state index contributed by atoms with van der Waals surface area (Å²) in [6.45, 7) is 4.72. The lowest BCUT2D eigenvalue weighted by molar-refractivity contribution is 0.232. The van der Waals surface area contributed by atoms with Gasteiger partial charge >= 0.3 is 0 Å². The molecule has 20 heavy (non-hydrogen) atoms. The number of hydrogen-bond acceptors (Lipinski definition) is 4. The van der Waals surface area contributed by atoms with Crippen LogP contribution in [0.15, 0.2) is 18.2 Å². The van der Waals surface area contributed by atoms with E-state index in [1.165, 1.54) is 19.4 Å². The van der Waals surface area contributed by atoms with Crippen LogP contribution < -0.4 is 15.2 Å². The van der Waals surface area contributed by atoms with E-state index >= 15 is 0 Å². The van der Waals surface area contributed by atoms with E-state index in [1.54, 1.807) is 0 Å². The number of anilines is 1. The molecule has 1 aliphatic heterocycles. The van der Waals surface area contributed by atoms with E-state index in [2.05, 4.69) is 18.9 Å². The quantitative estimate of drug-likeness (QED) is 0.779. The highest BCUT2D eigenvalue weighted by Crippen LogP contribution is 2.25. The summed E-state index contributed by atoms with van der Waals surface area (Å²) < 4.78 is 11.4. The molecule has 0 saturated carbocycles. The number of benzene rings is 1. The fourth-order valence-electron chi connectivity index (χ4n) is 2.64. The molecule has 4 heteroatoms. The van der Waals surface area contributed by atoms with Gasteiger partial charge in [0.2, 0.25) is 0 Å². The van der Waals surface area contributed by atoms with Crippen LogP contribution in [-0.4, -0.2) is 37.7 Å². The van der Waals surface area contributed by atoms with Crippen molar-refractivity contribution in [1.82, 2.24) is 4.90 Å². The average molecular weight is 278 g/mol. The monoisotopic (exact) mass is 278 g/mol. The number of nitrogens with two attached hydrogens (primary N) is 1. The third kappa shape index (κ3) is 4.30. The largest absolute Gasteiger partial charge is 0.493 e. The maximum atomic E-state index is 5.88. The molecule has 0 spiro atoms. The third-order valence-electron chi connectivity index (χ3n) is 3.77. The summed E-state index contributed by atoms with van der Waals surface area (Å²) in [4.78, 5) is 2.42. The second-order valence-electron chi connectivity index (χ2n) is 5.50. The fourth-order valence-corrected chi connectivity index (χ4v) is 2.64. The van der Waals surface area contributed by atoms with Crippen molar-refractivity contribution in [2.45, 2.75) is 38.6 Å². The summed E-state index contributed by atoms with van der Waals surface area (Å²) in [6, 6.07) is 6.28. The smallest absolute Gasteiger partial charge is 0.125 e. The van der Waals surface area contributed by atoms with Gasteiger partial charge < -0.3 is 20.1 Å². The van der Waals surface area contributed by atoms with Crippen LogP contribution in [0, 0.1) is 0 Å². The van der Waals surface area contributed by atoms with Crippen molar-refractivity contribution in [1.29, 1.82) is 0 Å². The predicted octanol–water partition coefficient (Wildman–Crippen LogP) is 2.92. The molecule has 1 aromatic rings. The first-order valence-electron chi connectivity index (χ1n) is 7.55. The highest BCUT2D eigenvalue weighted by Gasteiger charge is 2.20. The fraction of sp³-hybridized carbons (Fsp3) is 0.625.